The first-order valence-electron chi connectivity index (χ1n) is 9.28. The minimum absolute atomic E-state index is 0. The fourth-order valence-corrected chi connectivity index (χ4v) is 4.10. The van der Waals surface area contributed by atoms with Gasteiger partial charge in [0.1, 0.15) is 6.20 Å². The Morgan fingerprint density at radius 1 is 1.04 bits per heavy atom. The van der Waals surface area contributed by atoms with Crippen molar-refractivity contribution in [3.05, 3.63) is 75.6 Å². The number of hydrogen-bond acceptors (Lipinski definition) is 1. The highest BCUT2D eigenvalue weighted by Gasteiger charge is 2.27. The summed E-state index contributed by atoms with van der Waals surface area (Å²) in [4.78, 5) is 12.8. The number of Topliss-reactive ketones (excluding diaryl/α,β-unsaturated/α-hetero) is 1. The first kappa shape index (κ1) is 21.3. The van der Waals surface area contributed by atoms with E-state index in [-0.39, 0.29) is 22.8 Å². The molecule has 28 heavy (non-hydrogen) atoms. The Hall–Kier alpha value is -1.43. The molecule has 1 aliphatic rings. The molecule has 0 unspecified atom stereocenters. The average Bonchev–Trinajstić information content (AvgIpc) is 2.84. The number of imidazole rings is 1. The highest BCUT2D eigenvalue weighted by molar-refractivity contribution is 9.10. The molecule has 0 bridgehead atoms. The predicted molar refractivity (Wildman–Crippen MR) is 111 cm³/mol. The zero-order valence-corrected chi connectivity index (χ0v) is 19.3. The molecular weight excluding hydrogens is 504 g/mol. The molecule has 0 radical (unpaired) electrons. The van der Waals surface area contributed by atoms with Crippen LogP contribution in [0.2, 0.25) is 5.02 Å². The fourth-order valence-electron chi connectivity index (χ4n) is 3.71. The molecule has 3 aromatic rings. The lowest BCUT2D eigenvalue weighted by Gasteiger charge is -2.03. The van der Waals surface area contributed by atoms with Crippen LogP contribution in [0, 0.1) is 0 Å². The molecule has 6 heteroatoms. The quantitative estimate of drug-likeness (QED) is 0.381. The van der Waals surface area contributed by atoms with E-state index in [0.29, 0.717) is 6.54 Å². The molecule has 4 rings (SSSR count). The van der Waals surface area contributed by atoms with Gasteiger partial charge in [-0.25, -0.2) is 9.13 Å². The van der Waals surface area contributed by atoms with Gasteiger partial charge in [0.05, 0.1) is 6.54 Å². The predicted octanol–water partition coefficient (Wildman–Crippen LogP) is 2.47. The van der Waals surface area contributed by atoms with Crippen LogP contribution in [-0.2, 0) is 19.5 Å². The first-order valence-corrected chi connectivity index (χ1v) is 10.5. The second-order valence-electron chi connectivity index (χ2n) is 6.96. The SMILES string of the molecule is O=C(C[n+]1cc(-c2ccc(Cl)cc2)n2c1CCCCC2)c1ccc(Br)cc1.[Br-]. The summed E-state index contributed by atoms with van der Waals surface area (Å²) < 4.78 is 5.50. The zero-order chi connectivity index (χ0) is 18.8. The molecule has 3 nitrogen and oxygen atoms in total. The number of carbonyl (C=O) groups excluding carboxylic acids is 1. The maximum absolute atomic E-state index is 12.8. The molecule has 0 spiro atoms. The highest BCUT2D eigenvalue weighted by Crippen LogP contribution is 2.25. The maximum Gasteiger partial charge on any atom is 0.257 e. The van der Waals surface area contributed by atoms with Crippen LogP contribution in [0.3, 0.4) is 0 Å². The van der Waals surface area contributed by atoms with Crippen LogP contribution >= 0.6 is 27.5 Å². The van der Waals surface area contributed by atoms with E-state index >= 15 is 0 Å². The van der Waals surface area contributed by atoms with Crippen molar-refractivity contribution in [2.24, 2.45) is 0 Å². The van der Waals surface area contributed by atoms with Gasteiger partial charge in [-0.05, 0) is 55.7 Å². The number of nitrogens with zero attached hydrogens (tertiary/aromatic N) is 2. The summed E-state index contributed by atoms with van der Waals surface area (Å²) in [5.74, 6) is 1.37. The monoisotopic (exact) mass is 522 g/mol. The average molecular weight is 525 g/mol. The van der Waals surface area contributed by atoms with E-state index in [0.717, 1.165) is 45.7 Å². The lowest BCUT2D eigenvalue weighted by molar-refractivity contribution is -0.690. The van der Waals surface area contributed by atoms with Gasteiger partial charge in [0.15, 0.2) is 12.2 Å². The normalized spacial score (nSPS) is 13.4. The smallest absolute Gasteiger partial charge is 0.257 e. The summed E-state index contributed by atoms with van der Waals surface area (Å²) in [7, 11) is 0. The first-order chi connectivity index (χ1) is 13.1. The Bertz CT molecular complexity index is 965. The maximum atomic E-state index is 12.8. The Kier molecular flexibility index (Phi) is 7.13. The number of benzene rings is 2. The molecule has 0 amide bonds. The van der Waals surface area contributed by atoms with Gasteiger partial charge in [0.25, 0.3) is 5.82 Å². The molecule has 0 fully saturated rings. The Labute approximate surface area is 189 Å². The standard InChI is InChI=1S/C22H21BrClN2O.BrH/c23-18-9-5-17(6-10-18)21(27)15-25-14-20(16-7-11-19(24)12-8-16)26-13-3-1-2-4-22(25)26;/h5-12,14H,1-4,13,15H2;1H/q+1;/p-1. The van der Waals surface area contributed by atoms with Crippen molar-refractivity contribution < 1.29 is 26.3 Å². The third-order valence-corrected chi connectivity index (χ3v) is 5.89. The molecule has 2 heterocycles. The summed E-state index contributed by atoms with van der Waals surface area (Å²) in [5, 5.41) is 0.736. The van der Waals surface area contributed by atoms with Crippen molar-refractivity contribution in [2.45, 2.75) is 38.8 Å². The molecule has 2 aromatic carbocycles. The minimum atomic E-state index is 0. The van der Waals surface area contributed by atoms with E-state index in [2.05, 4.69) is 43.4 Å². The van der Waals surface area contributed by atoms with E-state index in [1.807, 2.05) is 36.4 Å². The molecule has 0 N–H and O–H groups in total. The third kappa shape index (κ3) is 4.58. The number of fused-ring (bicyclic) bond motifs is 1. The number of aromatic nitrogens is 2. The summed E-state index contributed by atoms with van der Waals surface area (Å²) in [6, 6.07) is 15.5. The van der Waals surface area contributed by atoms with Crippen LogP contribution in [-0.4, -0.2) is 10.4 Å². The third-order valence-electron chi connectivity index (χ3n) is 5.11. The van der Waals surface area contributed by atoms with Gasteiger partial charge in [-0.15, -0.1) is 0 Å². The molecule has 0 atom stereocenters. The Balaban J connectivity index is 0.00000225. The molecule has 0 aliphatic carbocycles. The van der Waals surface area contributed by atoms with Crippen molar-refractivity contribution in [3.63, 3.8) is 0 Å². The molecule has 0 saturated heterocycles. The van der Waals surface area contributed by atoms with E-state index < -0.39 is 0 Å². The molecule has 1 aromatic heterocycles. The van der Waals surface area contributed by atoms with Crippen molar-refractivity contribution in [3.8, 4) is 11.3 Å². The van der Waals surface area contributed by atoms with Gasteiger partial charge in [0.2, 0.25) is 5.78 Å². The van der Waals surface area contributed by atoms with E-state index in [1.165, 1.54) is 18.7 Å². The van der Waals surface area contributed by atoms with E-state index in [1.54, 1.807) is 0 Å². The summed E-state index contributed by atoms with van der Waals surface area (Å²) >= 11 is 9.49. The van der Waals surface area contributed by atoms with Crippen molar-refractivity contribution in [1.82, 2.24) is 4.57 Å². The largest absolute Gasteiger partial charge is 1.00 e. The zero-order valence-electron chi connectivity index (χ0n) is 15.4. The topological polar surface area (TPSA) is 25.9 Å². The highest BCUT2D eigenvalue weighted by atomic mass is 79.9. The second kappa shape index (κ2) is 9.38. The lowest BCUT2D eigenvalue weighted by atomic mass is 10.1. The van der Waals surface area contributed by atoms with Crippen LogP contribution < -0.4 is 21.5 Å². The summed E-state index contributed by atoms with van der Waals surface area (Å²) in [5.41, 5.74) is 3.04. The Morgan fingerprint density at radius 2 is 1.75 bits per heavy atom. The number of ketones is 1. The van der Waals surface area contributed by atoms with Crippen molar-refractivity contribution in [2.75, 3.05) is 0 Å². The van der Waals surface area contributed by atoms with Gasteiger partial charge in [0, 0.05) is 27.0 Å². The minimum Gasteiger partial charge on any atom is -1.00 e. The second-order valence-corrected chi connectivity index (χ2v) is 8.31. The molecular formula is C22H21Br2ClN2O. The van der Waals surface area contributed by atoms with Crippen LogP contribution in [0.15, 0.2) is 59.2 Å². The number of carbonyl (C=O) groups is 1. The van der Waals surface area contributed by atoms with E-state index in [9.17, 15) is 4.79 Å². The number of hydrogen-bond donors (Lipinski definition) is 0. The van der Waals surface area contributed by atoms with E-state index in [4.69, 9.17) is 11.6 Å². The van der Waals surface area contributed by atoms with Crippen molar-refractivity contribution in [1.29, 1.82) is 0 Å². The molecule has 146 valence electrons. The van der Waals surface area contributed by atoms with Crippen molar-refractivity contribution >= 4 is 33.3 Å². The van der Waals surface area contributed by atoms with Gasteiger partial charge in [-0.2, -0.15) is 0 Å². The van der Waals surface area contributed by atoms with Crippen LogP contribution in [0.5, 0.6) is 0 Å². The summed E-state index contributed by atoms with van der Waals surface area (Å²) in [6.45, 7) is 1.36. The summed E-state index contributed by atoms with van der Waals surface area (Å²) in [6.07, 6.45) is 6.68. The van der Waals surface area contributed by atoms with Gasteiger partial charge >= 0.3 is 0 Å². The number of halogens is 3. The van der Waals surface area contributed by atoms with Crippen LogP contribution in [0.4, 0.5) is 0 Å². The fraction of sp³-hybridized carbons (Fsp3) is 0.273. The van der Waals surface area contributed by atoms with Crippen LogP contribution in [0.1, 0.15) is 35.4 Å². The van der Waals surface area contributed by atoms with Crippen LogP contribution in [0.25, 0.3) is 11.3 Å². The lowest BCUT2D eigenvalue weighted by Crippen LogP contribution is -3.00. The Morgan fingerprint density at radius 3 is 2.46 bits per heavy atom. The molecule has 1 aliphatic heterocycles. The van der Waals surface area contributed by atoms with Gasteiger partial charge < -0.3 is 17.0 Å². The van der Waals surface area contributed by atoms with Gasteiger partial charge in [-0.3, -0.25) is 4.79 Å². The number of rotatable bonds is 4. The van der Waals surface area contributed by atoms with Gasteiger partial charge in [-0.1, -0.05) is 39.7 Å². The molecule has 0 saturated carbocycles.